The summed E-state index contributed by atoms with van der Waals surface area (Å²) in [6.07, 6.45) is 3.41. The number of imide groups is 1. The van der Waals surface area contributed by atoms with Gasteiger partial charge in [-0.1, -0.05) is 6.42 Å². The maximum atomic E-state index is 11.7. The number of aldehydes is 1. The van der Waals surface area contributed by atoms with E-state index < -0.39 is 12.2 Å². The molecule has 1 aliphatic rings. The van der Waals surface area contributed by atoms with Gasteiger partial charge in [0, 0.05) is 38.0 Å². The average Bonchev–Trinajstić information content (AvgIpc) is 2.94. The quantitative estimate of drug-likeness (QED) is 0.251. The van der Waals surface area contributed by atoms with E-state index in [4.69, 9.17) is 1.37 Å². The van der Waals surface area contributed by atoms with Gasteiger partial charge in [0.2, 0.25) is 11.8 Å². The summed E-state index contributed by atoms with van der Waals surface area (Å²) in [6, 6.07) is 0. The standard InChI is InChI=1S/C17H23N3O6/c21-11-9-18-15(24)6-5-13(22)12-19-14(23)4-2-1-3-10-20-16(25)7-8-17(20)26/h7-8,11H,1-6,9-10,12H2,(H,18,24)(H,19,23)/i11D. The van der Waals surface area contributed by atoms with E-state index in [0.717, 1.165) is 4.90 Å². The number of carbonyl (C=O) groups excluding carboxylic acids is 6. The molecule has 26 heavy (non-hydrogen) atoms. The summed E-state index contributed by atoms with van der Waals surface area (Å²) in [4.78, 5) is 68.8. The molecule has 0 radical (unpaired) electrons. The minimum Gasteiger partial charge on any atom is -0.349 e. The van der Waals surface area contributed by atoms with Gasteiger partial charge in [-0.3, -0.25) is 28.9 Å². The highest BCUT2D eigenvalue weighted by Crippen LogP contribution is 2.07. The second kappa shape index (κ2) is 11.7. The highest BCUT2D eigenvalue weighted by Gasteiger charge is 2.22. The zero-order valence-electron chi connectivity index (χ0n) is 15.4. The van der Waals surface area contributed by atoms with Crippen molar-refractivity contribution in [2.45, 2.75) is 38.5 Å². The molecule has 2 N–H and O–H groups in total. The second-order valence-electron chi connectivity index (χ2n) is 5.71. The van der Waals surface area contributed by atoms with Crippen molar-refractivity contribution in [2.24, 2.45) is 0 Å². The topological polar surface area (TPSA) is 130 Å². The van der Waals surface area contributed by atoms with Gasteiger partial charge in [-0.2, -0.15) is 0 Å². The Balaban J connectivity index is 2.04. The van der Waals surface area contributed by atoms with Crippen molar-refractivity contribution < 1.29 is 30.1 Å². The molecule has 0 saturated carbocycles. The third kappa shape index (κ3) is 8.32. The number of amides is 4. The summed E-state index contributed by atoms with van der Waals surface area (Å²) < 4.78 is 6.64. The van der Waals surface area contributed by atoms with Gasteiger partial charge in [0.1, 0.15) is 7.63 Å². The summed E-state index contributed by atoms with van der Waals surface area (Å²) >= 11 is 0. The number of carbonyl (C=O) groups is 6. The van der Waals surface area contributed by atoms with Crippen molar-refractivity contribution in [1.29, 1.82) is 0 Å². The molecule has 9 nitrogen and oxygen atoms in total. The average molecular weight is 366 g/mol. The number of nitrogens with one attached hydrogen (secondary N) is 2. The first-order valence-corrected chi connectivity index (χ1v) is 8.37. The normalized spacial score (nSPS) is 13.5. The number of unbranched alkanes of at least 4 members (excludes halogenated alkanes) is 2. The summed E-state index contributed by atoms with van der Waals surface area (Å²) in [5.41, 5.74) is 0. The summed E-state index contributed by atoms with van der Waals surface area (Å²) in [6.45, 7) is -0.245. The van der Waals surface area contributed by atoms with E-state index in [2.05, 4.69) is 10.6 Å². The lowest BCUT2D eigenvalue weighted by Crippen LogP contribution is -2.31. The van der Waals surface area contributed by atoms with Crippen LogP contribution >= 0.6 is 0 Å². The molecule has 1 aliphatic heterocycles. The fourth-order valence-corrected chi connectivity index (χ4v) is 2.23. The van der Waals surface area contributed by atoms with Gasteiger partial charge in [0.15, 0.2) is 5.78 Å². The predicted molar refractivity (Wildman–Crippen MR) is 90.7 cm³/mol. The van der Waals surface area contributed by atoms with E-state index in [1.54, 1.807) is 0 Å². The number of hydrogen-bond donors (Lipinski definition) is 2. The van der Waals surface area contributed by atoms with Crippen LogP contribution in [0.15, 0.2) is 12.2 Å². The molecule has 142 valence electrons. The van der Waals surface area contributed by atoms with Crippen LogP contribution in [-0.4, -0.2) is 60.2 Å². The highest BCUT2D eigenvalue weighted by molar-refractivity contribution is 6.12. The van der Waals surface area contributed by atoms with E-state index in [9.17, 15) is 28.8 Å². The van der Waals surface area contributed by atoms with Gasteiger partial charge in [-0.15, -0.1) is 0 Å². The van der Waals surface area contributed by atoms with Gasteiger partial charge in [-0.05, 0) is 12.8 Å². The Morgan fingerprint density at radius 2 is 1.62 bits per heavy atom. The fraction of sp³-hybridized carbons (Fsp3) is 0.529. The molecule has 0 fully saturated rings. The molecule has 0 bridgehead atoms. The molecule has 0 spiro atoms. The third-order valence-electron chi connectivity index (χ3n) is 3.66. The van der Waals surface area contributed by atoms with Gasteiger partial charge in [-0.25, -0.2) is 0 Å². The first-order chi connectivity index (χ1) is 12.8. The van der Waals surface area contributed by atoms with Crippen molar-refractivity contribution in [2.75, 3.05) is 19.6 Å². The lowest BCUT2D eigenvalue weighted by Gasteiger charge is -2.13. The number of nitrogens with zero attached hydrogens (tertiary/aromatic N) is 1. The molecule has 0 aromatic rings. The molecule has 0 unspecified atom stereocenters. The Bertz CT molecular complexity index is 629. The Morgan fingerprint density at radius 1 is 0.962 bits per heavy atom. The number of hydrogen-bond acceptors (Lipinski definition) is 6. The monoisotopic (exact) mass is 366 g/mol. The van der Waals surface area contributed by atoms with Crippen molar-refractivity contribution in [3.8, 4) is 0 Å². The first-order valence-electron chi connectivity index (χ1n) is 8.87. The lowest BCUT2D eigenvalue weighted by atomic mass is 10.1. The van der Waals surface area contributed by atoms with Crippen molar-refractivity contribution in [3.05, 3.63) is 12.2 Å². The molecule has 9 heteroatoms. The Hall–Kier alpha value is -2.84. The summed E-state index contributed by atoms with van der Waals surface area (Å²) in [5, 5.41) is 4.67. The minimum atomic E-state index is -0.919. The van der Waals surface area contributed by atoms with Crippen LogP contribution in [0, 0.1) is 0 Å². The van der Waals surface area contributed by atoms with Crippen LogP contribution in [-0.2, 0) is 28.8 Å². The maximum absolute atomic E-state index is 11.7. The number of ketones is 1. The van der Waals surface area contributed by atoms with Gasteiger partial charge >= 0.3 is 0 Å². The van der Waals surface area contributed by atoms with E-state index in [-0.39, 0.29) is 55.9 Å². The van der Waals surface area contributed by atoms with E-state index in [1.807, 2.05) is 0 Å². The largest absolute Gasteiger partial charge is 0.349 e. The molecule has 0 aliphatic carbocycles. The Morgan fingerprint density at radius 3 is 2.27 bits per heavy atom. The zero-order valence-corrected chi connectivity index (χ0v) is 14.4. The smallest absolute Gasteiger partial charge is 0.253 e. The molecule has 0 aromatic carbocycles. The van der Waals surface area contributed by atoms with Crippen LogP contribution < -0.4 is 10.6 Å². The maximum Gasteiger partial charge on any atom is 0.253 e. The summed E-state index contributed by atoms with van der Waals surface area (Å²) in [5.74, 6) is -1.75. The SMILES string of the molecule is [2H]C(=O)CNC(=O)CCC(=O)CNC(=O)CCCCCN1C(=O)C=CC1=O. The molecular formula is C17H23N3O6. The fourth-order valence-electron chi connectivity index (χ4n) is 2.23. The van der Waals surface area contributed by atoms with Crippen LogP contribution in [0.5, 0.6) is 0 Å². The molecule has 4 amide bonds. The van der Waals surface area contributed by atoms with Gasteiger partial charge < -0.3 is 15.4 Å². The Kier molecular flexibility index (Phi) is 8.74. The number of Topliss-reactive ketones (excluding diaryl/α,β-unsaturated/α-hetero) is 1. The van der Waals surface area contributed by atoms with Crippen molar-refractivity contribution >= 4 is 35.7 Å². The van der Waals surface area contributed by atoms with E-state index >= 15 is 0 Å². The molecule has 0 saturated heterocycles. The second-order valence-corrected chi connectivity index (χ2v) is 5.71. The minimum absolute atomic E-state index is 0.0652. The van der Waals surface area contributed by atoms with Gasteiger partial charge in [0.25, 0.3) is 11.8 Å². The Labute approximate surface area is 152 Å². The number of rotatable bonds is 13. The van der Waals surface area contributed by atoms with Crippen LogP contribution in [0.4, 0.5) is 0 Å². The van der Waals surface area contributed by atoms with Crippen molar-refractivity contribution in [3.63, 3.8) is 0 Å². The molecule has 0 aromatic heterocycles. The first kappa shape index (κ1) is 19.5. The predicted octanol–water partition coefficient (Wildman–Crippen LogP) is -0.748. The van der Waals surface area contributed by atoms with Gasteiger partial charge in [0.05, 0.1) is 13.1 Å². The molecule has 1 rings (SSSR count). The van der Waals surface area contributed by atoms with Crippen LogP contribution in [0.3, 0.4) is 0 Å². The summed E-state index contributed by atoms with van der Waals surface area (Å²) in [7, 11) is 0. The third-order valence-corrected chi connectivity index (χ3v) is 3.66. The molecule has 1 heterocycles. The lowest BCUT2D eigenvalue weighted by molar-refractivity contribution is -0.137. The zero-order chi connectivity index (χ0) is 20.2. The van der Waals surface area contributed by atoms with E-state index in [1.165, 1.54) is 12.2 Å². The van der Waals surface area contributed by atoms with Crippen molar-refractivity contribution in [1.82, 2.24) is 15.5 Å². The van der Waals surface area contributed by atoms with Crippen LogP contribution in [0.1, 0.15) is 39.9 Å². The van der Waals surface area contributed by atoms with Crippen LogP contribution in [0.2, 0.25) is 0 Å². The molecule has 0 atom stereocenters. The molecular weight excluding hydrogens is 342 g/mol. The highest BCUT2D eigenvalue weighted by atomic mass is 16.2. The van der Waals surface area contributed by atoms with Crippen LogP contribution in [0.25, 0.3) is 0 Å². The van der Waals surface area contributed by atoms with E-state index in [0.29, 0.717) is 25.8 Å².